The monoisotopic (exact) mass is 193 g/mol. The smallest absolute Gasteiger partial charge is 0.00977 e. The molecule has 0 aromatic carbocycles. The topological polar surface area (TPSA) is 12.0 Å². The molecule has 0 aromatic rings. The van der Waals surface area contributed by atoms with Gasteiger partial charge in [-0.25, -0.2) is 0 Å². The van der Waals surface area contributed by atoms with Crippen molar-refractivity contribution in [2.24, 2.45) is 23.7 Å². The Hall–Kier alpha value is -0.0400. The van der Waals surface area contributed by atoms with Crippen LogP contribution >= 0.6 is 0 Å². The van der Waals surface area contributed by atoms with Gasteiger partial charge in [0.05, 0.1) is 0 Å². The van der Waals surface area contributed by atoms with Crippen LogP contribution in [0.5, 0.6) is 0 Å². The highest BCUT2D eigenvalue weighted by atomic mass is 14.9. The van der Waals surface area contributed by atoms with Crippen molar-refractivity contribution in [3.05, 3.63) is 0 Å². The van der Waals surface area contributed by atoms with Crippen molar-refractivity contribution in [2.45, 2.75) is 51.0 Å². The molecule has 0 amide bonds. The fourth-order valence-electron chi connectivity index (χ4n) is 4.01. The maximum atomic E-state index is 3.60. The van der Waals surface area contributed by atoms with E-state index < -0.39 is 0 Å². The van der Waals surface area contributed by atoms with Gasteiger partial charge in [0, 0.05) is 6.04 Å². The molecule has 3 aliphatic carbocycles. The highest BCUT2D eigenvalue weighted by molar-refractivity contribution is 4.96. The average Bonchev–Trinajstić information content (AvgIpc) is 2.77. The first-order valence-electron chi connectivity index (χ1n) is 6.54. The third-order valence-corrected chi connectivity index (χ3v) is 4.96. The van der Waals surface area contributed by atoms with Crippen LogP contribution in [0.4, 0.5) is 0 Å². The Balaban J connectivity index is 1.61. The van der Waals surface area contributed by atoms with Crippen LogP contribution in [0.1, 0.15) is 44.9 Å². The van der Waals surface area contributed by atoms with E-state index in [0.29, 0.717) is 0 Å². The van der Waals surface area contributed by atoms with Gasteiger partial charge < -0.3 is 5.32 Å². The van der Waals surface area contributed by atoms with Crippen LogP contribution in [0.3, 0.4) is 0 Å². The third kappa shape index (κ3) is 1.60. The summed E-state index contributed by atoms with van der Waals surface area (Å²) in [6, 6.07) is 0.859. The molecular formula is C13H23N. The molecule has 1 nitrogen and oxygen atoms in total. The van der Waals surface area contributed by atoms with Gasteiger partial charge in [0.25, 0.3) is 0 Å². The standard InChI is InChI=1S/C13H23N/c1-14-13(8-9-2-3-9)12-7-10-4-5-11(12)6-10/h9-14H,2-8H2,1H3. The Morgan fingerprint density at radius 1 is 1.14 bits per heavy atom. The van der Waals surface area contributed by atoms with Crippen molar-refractivity contribution in [1.82, 2.24) is 5.32 Å². The van der Waals surface area contributed by atoms with Crippen LogP contribution in [0.2, 0.25) is 0 Å². The lowest BCUT2D eigenvalue weighted by Gasteiger charge is -2.30. The van der Waals surface area contributed by atoms with E-state index in [-0.39, 0.29) is 0 Å². The molecule has 1 heteroatoms. The minimum atomic E-state index is 0.859. The lowest BCUT2D eigenvalue weighted by Crippen LogP contribution is -2.36. The first-order valence-corrected chi connectivity index (χ1v) is 6.54. The quantitative estimate of drug-likeness (QED) is 0.724. The summed E-state index contributed by atoms with van der Waals surface area (Å²) in [7, 11) is 2.18. The van der Waals surface area contributed by atoms with Gasteiger partial charge >= 0.3 is 0 Å². The molecule has 0 heterocycles. The summed E-state index contributed by atoms with van der Waals surface area (Å²) in [5.74, 6) is 4.34. The minimum absolute atomic E-state index is 0.859. The zero-order valence-corrected chi connectivity index (χ0v) is 9.34. The summed E-state index contributed by atoms with van der Waals surface area (Å²) in [6.07, 6.45) is 10.7. The van der Waals surface area contributed by atoms with Gasteiger partial charge in [0.2, 0.25) is 0 Å². The molecule has 0 aliphatic heterocycles. The van der Waals surface area contributed by atoms with Crippen LogP contribution in [-0.2, 0) is 0 Å². The van der Waals surface area contributed by atoms with E-state index in [4.69, 9.17) is 0 Å². The van der Waals surface area contributed by atoms with Gasteiger partial charge in [-0.3, -0.25) is 0 Å². The lowest BCUT2D eigenvalue weighted by atomic mass is 9.81. The lowest BCUT2D eigenvalue weighted by molar-refractivity contribution is 0.241. The van der Waals surface area contributed by atoms with Gasteiger partial charge in [-0.15, -0.1) is 0 Å². The summed E-state index contributed by atoms with van der Waals surface area (Å²) in [5.41, 5.74) is 0. The molecule has 0 radical (unpaired) electrons. The minimum Gasteiger partial charge on any atom is -0.317 e. The van der Waals surface area contributed by atoms with Gasteiger partial charge in [-0.05, 0) is 56.4 Å². The van der Waals surface area contributed by atoms with Gasteiger partial charge in [0.15, 0.2) is 0 Å². The van der Waals surface area contributed by atoms with E-state index in [0.717, 1.165) is 29.7 Å². The number of fused-ring (bicyclic) bond motifs is 2. The second-order valence-electron chi connectivity index (χ2n) is 5.91. The molecule has 3 saturated carbocycles. The second-order valence-corrected chi connectivity index (χ2v) is 5.91. The molecule has 3 rings (SSSR count). The van der Waals surface area contributed by atoms with Gasteiger partial charge in [-0.2, -0.15) is 0 Å². The predicted molar refractivity (Wildman–Crippen MR) is 59.1 cm³/mol. The highest BCUT2D eigenvalue weighted by Crippen LogP contribution is 2.51. The Bertz CT molecular complexity index is 209. The van der Waals surface area contributed by atoms with Gasteiger partial charge in [0.1, 0.15) is 0 Å². The number of hydrogen-bond acceptors (Lipinski definition) is 1. The highest BCUT2D eigenvalue weighted by Gasteiger charge is 2.43. The Morgan fingerprint density at radius 2 is 2.00 bits per heavy atom. The van der Waals surface area contributed by atoms with Crippen molar-refractivity contribution in [2.75, 3.05) is 7.05 Å². The maximum absolute atomic E-state index is 3.60. The molecule has 4 unspecified atom stereocenters. The fraction of sp³-hybridized carbons (Fsp3) is 1.00. The maximum Gasteiger partial charge on any atom is 0.00977 e. The molecular weight excluding hydrogens is 170 g/mol. The molecule has 0 aromatic heterocycles. The molecule has 3 fully saturated rings. The average molecular weight is 193 g/mol. The molecule has 4 atom stereocenters. The first-order chi connectivity index (χ1) is 6.86. The van der Waals surface area contributed by atoms with Crippen LogP contribution < -0.4 is 5.32 Å². The summed E-state index contributed by atoms with van der Waals surface area (Å²) in [6.45, 7) is 0. The Labute approximate surface area is 87.7 Å². The van der Waals surface area contributed by atoms with Crippen LogP contribution in [0.25, 0.3) is 0 Å². The van der Waals surface area contributed by atoms with E-state index in [1.807, 2.05) is 0 Å². The van der Waals surface area contributed by atoms with Crippen molar-refractivity contribution in [1.29, 1.82) is 0 Å². The number of nitrogens with one attached hydrogen (secondary N) is 1. The normalized spacial score (nSPS) is 43.1. The van der Waals surface area contributed by atoms with Crippen molar-refractivity contribution in [3.63, 3.8) is 0 Å². The van der Waals surface area contributed by atoms with Crippen molar-refractivity contribution in [3.8, 4) is 0 Å². The second kappa shape index (κ2) is 3.52. The SMILES string of the molecule is CNC(CC1CC1)C1CC2CCC1C2. The van der Waals surface area contributed by atoms with E-state index in [2.05, 4.69) is 12.4 Å². The zero-order valence-electron chi connectivity index (χ0n) is 9.34. The third-order valence-electron chi connectivity index (χ3n) is 4.96. The molecule has 2 bridgehead atoms. The van der Waals surface area contributed by atoms with E-state index in [9.17, 15) is 0 Å². The Morgan fingerprint density at radius 3 is 2.50 bits per heavy atom. The summed E-state index contributed by atoms with van der Waals surface area (Å²) >= 11 is 0. The summed E-state index contributed by atoms with van der Waals surface area (Å²) < 4.78 is 0. The van der Waals surface area contributed by atoms with Crippen LogP contribution in [0, 0.1) is 23.7 Å². The largest absolute Gasteiger partial charge is 0.317 e. The van der Waals surface area contributed by atoms with Gasteiger partial charge in [-0.1, -0.05) is 19.3 Å². The predicted octanol–water partition coefficient (Wildman–Crippen LogP) is 2.81. The molecule has 80 valence electrons. The summed E-state index contributed by atoms with van der Waals surface area (Å²) in [5, 5.41) is 3.60. The number of hydrogen-bond donors (Lipinski definition) is 1. The fourth-order valence-corrected chi connectivity index (χ4v) is 4.01. The van der Waals surface area contributed by atoms with E-state index >= 15 is 0 Å². The molecule has 3 aliphatic rings. The molecule has 0 saturated heterocycles. The summed E-state index contributed by atoms with van der Waals surface area (Å²) in [4.78, 5) is 0. The van der Waals surface area contributed by atoms with Crippen LogP contribution in [-0.4, -0.2) is 13.1 Å². The zero-order chi connectivity index (χ0) is 9.54. The molecule has 0 spiro atoms. The molecule has 1 N–H and O–H groups in total. The van der Waals surface area contributed by atoms with E-state index in [1.165, 1.54) is 25.7 Å². The van der Waals surface area contributed by atoms with E-state index in [1.54, 1.807) is 19.3 Å². The van der Waals surface area contributed by atoms with Crippen molar-refractivity contribution < 1.29 is 0 Å². The first kappa shape index (κ1) is 9.21. The molecule has 14 heavy (non-hydrogen) atoms. The van der Waals surface area contributed by atoms with Crippen LogP contribution in [0.15, 0.2) is 0 Å². The van der Waals surface area contributed by atoms with Crippen molar-refractivity contribution >= 4 is 0 Å². The Kier molecular flexibility index (Phi) is 2.31. The number of rotatable bonds is 4.